The number of alkyl halides is 7. The third-order valence-corrected chi connectivity index (χ3v) is 6.46. The van der Waals surface area contributed by atoms with Gasteiger partial charge in [0.25, 0.3) is 5.91 Å². The molecule has 180 valence electrons. The molecule has 2 aromatic carbocycles. The number of carbonyl (C=O) groups is 1. The van der Waals surface area contributed by atoms with Gasteiger partial charge in [0.15, 0.2) is 5.82 Å². The van der Waals surface area contributed by atoms with E-state index in [2.05, 4.69) is 26.6 Å². The van der Waals surface area contributed by atoms with Crippen molar-refractivity contribution < 1.29 is 39.9 Å². The highest BCUT2D eigenvalue weighted by atomic mass is 127. The average Bonchev–Trinajstić information content (AvgIpc) is 3.51. The zero-order valence-electron chi connectivity index (χ0n) is 16.3. The van der Waals surface area contributed by atoms with E-state index in [4.69, 9.17) is 0 Å². The van der Waals surface area contributed by atoms with Gasteiger partial charge < -0.3 is 10.6 Å². The second kappa shape index (κ2) is 9.19. The number of benzene rings is 2. The topological polar surface area (TPSA) is 41.1 Å². The zero-order valence-corrected chi connectivity index (χ0v) is 20.0. The number of anilines is 2. The van der Waals surface area contributed by atoms with E-state index in [-0.39, 0.29) is 21.0 Å². The molecule has 13 heteroatoms. The van der Waals surface area contributed by atoms with Gasteiger partial charge in [-0.05, 0) is 81.5 Å². The molecule has 2 aromatic rings. The number of hydrogen-bond donors (Lipinski definition) is 2. The first-order chi connectivity index (χ1) is 15.2. The zero-order chi connectivity index (χ0) is 24.8. The number of halogens is 10. The van der Waals surface area contributed by atoms with Crippen molar-refractivity contribution in [2.24, 2.45) is 5.92 Å². The Bertz CT molecular complexity index is 1030. The van der Waals surface area contributed by atoms with Crippen molar-refractivity contribution in [3.63, 3.8) is 0 Å². The van der Waals surface area contributed by atoms with Crippen LogP contribution in [0, 0.1) is 15.3 Å². The van der Waals surface area contributed by atoms with Crippen LogP contribution in [-0.2, 0) is 5.67 Å². The Morgan fingerprint density at radius 1 is 1.06 bits per heavy atom. The van der Waals surface area contributed by atoms with Gasteiger partial charge in [0, 0.05) is 20.2 Å². The van der Waals surface area contributed by atoms with Crippen molar-refractivity contribution in [2.45, 2.75) is 30.9 Å². The SMILES string of the molecule is O=C(Nc1c(Br)cc(C(F)(C(F)(F)F)C(F)(F)F)cc1I)c1cccc(NCC2CC2)c1F. The lowest BCUT2D eigenvalue weighted by atomic mass is 9.94. The summed E-state index contributed by atoms with van der Waals surface area (Å²) >= 11 is 4.13. The quantitative estimate of drug-likeness (QED) is 0.249. The number of rotatable bonds is 6. The lowest BCUT2D eigenvalue weighted by Crippen LogP contribution is -2.50. The molecule has 0 saturated heterocycles. The summed E-state index contributed by atoms with van der Waals surface area (Å²) in [7, 11) is 0. The van der Waals surface area contributed by atoms with Crippen LogP contribution in [0.4, 0.5) is 46.5 Å². The summed E-state index contributed by atoms with van der Waals surface area (Å²) in [5.41, 5.74) is -7.90. The minimum absolute atomic E-state index is 0.0798. The summed E-state index contributed by atoms with van der Waals surface area (Å²) < 4.78 is 107. The molecule has 0 heterocycles. The molecule has 0 atom stereocenters. The minimum Gasteiger partial charge on any atom is -0.382 e. The summed E-state index contributed by atoms with van der Waals surface area (Å²) in [5, 5.41) is 5.14. The van der Waals surface area contributed by atoms with Gasteiger partial charge >= 0.3 is 18.0 Å². The molecule has 1 aliphatic carbocycles. The molecule has 0 bridgehead atoms. The van der Waals surface area contributed by atoms with E-state index in [1.165, 1.54) is 40.8 Å². The molecule has 0 radical (unpaired) electrons. The first kappa shape index (κ1) is 26.0. The highest BCUT2D eigenvalue weighted by molar-refractivity contribution is 14.1. The molecule has 2 N–H and O–H groups in total. The fourth-order valence-electron chi connectivity index (χ4n) is 2.98. The second-order valence-electron chi connectivity index (χ2n) is 7.41. The van der Waals surface area contributed by atoms with Crippen molar-refractivity contribution in [1.29, 1.82) is 0 Å². The lowest BCUT2D eigenvalue weighted by Gasteiger charge is -2.31. The predicted octanol–water partition coefficient (Wildman–Crippen LogP) is 7.56. The molecular formula is C20H14BrF8IN2O. The molecular weight excluding hydrogens is 643 g/mol. The summed E-state index contributed by atoms with van der Waals surface area (Å²) in [6, 6.07) is 4.62. The van der Waals surface area contributed by atoms with Crippen molar-refractivity contribution >= 4 is 55.8 Å². The van der Waals surface area contributed by atoms with Gasteiger partial charge in [-0.25, -0.2) is 8.78 Å². The van der Waals surface area contributed by atoms with Gasteiger partial charge in [0.05, 0.1) is 16.9 Å². The van der Waals surface area contributed by atoms with E-state index in [9.17, 15) is 39.9 Å². The van der Waals surface area contributed by atoms with Crippen LogP contribution in [0.5, 0.6) is 0 Å². The van der Waals surface area contributed by atoms with Crippen LogP contribution in [0.1, 0.15) is 28.8 Å². The minimum atomic E-state index is -6.28. The number of carbonyl (C=O) groups excluding carboxylic acids is 1. The summed E-state index contributed by atoms with van der Waals surface area (Å²) in [6.07, 6.45) is -10.5. The van der Waals surface area contributed by atoms with E-state index in [1.807, 2.05) is 0 Å². The smallest absolute Gasteiger partial charge is 0.382 e. The van der Waals surface area contributed by atoms with Crippen LogP contribution in [-0.4, -0.2) is 24.8 Å². The van der Waals surface area contributed by atoms with E-state index in [1.54, 1.807) is 0 Å². The Morgan fingerprint density at radius 3 is 2.18 bits per heavy atom. The second-order valence-corrected chi connectivity index (χ2v) is 9.43. The molecule has 33 heavy (non-hydrogen) atoms. The molecule has 0 unspecified atom stereocenters. The van der Waals surface area contributed by atoms with Crippen molar-refractivity contribution in [3.8, 4) is 0 Å². The number of nitrogens with one attached hydrogen (secondary N) is 2. The predicted molar refractivity (Wildman–Crippen MR) is 117 cm³/mol. The molecule has 0 spiro atoms. The van der Waals surface area contributed by atoms with Crippen LogP contribution >= 0.6 is 38.5 Å². The Kier molecular flexibility index (Phi) is 7.23. The summed E-state index contributed by atoms with van der Waals surface area (Å²) in [5.74, 6) is -1.43. The Morgan fingerprint density at radius 2 is 1.67 bits per heavy atom. The monoisotopic (exact) mass is 656 g/mol. The van der Waals surface area contributed by atoms with E-state index in [0.717, 1.165) is 12.8 Å². The van der Waals surface area contributed by atoms with Gasteiger partial charge in [-0.1, -0.05) is 6.07 Å². The van der Waals surface area contributed by atoms with Gasteiger partial charge in [-0.2, -0.15) is 26.3 Å². The van der Waals surface area contributed by atoms with Crippen LogP contribution in [0.15, 0.2) is 34.8 Å². The van der Waals surface area contributed by atoms with Crippen LogP contribution in [0.2, 0.25) is 0 Å². The summed E-state index contributed by atoms with van der Waals surface area (Å²) in [6.45, 7) is 0.524. The van der Waals surface area contributed by atoms with E-state index < -0.39 is 45.3 Å². The maximum Gasteiger partial charge on any atom is 0.435 e. The van der Waals surface area contributed by atoms with Gasteiger partial charge in [0.1, 0.15) is 0 Å². The normalized spacial score (nSPS) is 14.8. The number of amides is 1. The largest absolute Gasteiger partial charge is 0.435 e. The van der Waals surface area contributed by atoms with Crippen LogP contribution in [0.3, 0.4) is 0 Å². The fraction of sp³-hybridized carbons (Fsp3) is 0.350. The Hall–Kier alpha value is -1.64. The van der Waals surface area contributed by atoms with E-state index in [0.29, 0.717) is 18.5 Å². The lowest BCUT2D eigenvalue weighted by molar-refractivity contribution is -0.348. The first-order valence-electron chi connectivity index (χ1n) is 9.32. The first-order valence-corrected chi connectivity index (χ1v) is 11.2. The molecule has 3 nitrogen and oxygen atoms in total. The Labute approximate surface area is 204 Å². The highest BCUT2D eigenvalue weighted by Crippen LogP contribution is 2.54. The third-order valence-electron chi connectivity index (χ3n) is 4.98. The molecule has 1 aliphatic rings. The molecule has 1 fully saturated rings. The van der Waals surface area contributed by atoms with Gasteiger partial charge in [0.2, 0.25) is 0 Å². The van der Waals surface area contributed by atoms with E-state index >= 15 is 0 Å². The molecule has 0 aromatic heterocycles. The highest BCUT2D eigenvalue weighted by Gasteiger charge is 2.73. The molecule has 3 rings (SSSR count). The van der Waals surface area contributed by atoms with Crippen molar-refractivity contribution in [1.82, 2.24) is 0 Å². The third kappa shape index (κ3) is 5.23. The van der Waals surface area contributed by atoms with Gasteiger partial charge in [-0.3, -0.25) is 4.79 Å². The standard InChI is InChI=1S/C20H14BrF8IN2O/c21-12-6-10(18(23,19(24,25)26)20(27,28)29)7-13(30)16(12)32-17(33)11-2-1-3-14(15(11)22)31-8-9-4-5-9/h1-3,6-7,9,31H,4-5,8H2,(H,32,33). The average molecular weight is 657 g/mol. The van der Waals surface area contributed by atoms with Crippen LogP contribution < -0.4 is 10.6 Å². The maximum atomic E-state index is 14.7. The summed E-state index contributed by atoms with van der Waals surface area (Å²) in [4.78, 5) is 12.6. The maximum absolute atomic E-state index is 14.7. The van der Waals surface area contributed by atoms with Crippen molar-refractivity contribution in [3.05, 3.63) is 55.3 Å². The van der Waals surface area contributed by atoms with Crippen LogP contribution in [0.25, 0.3) is 0 Å². The number of hydrogen-bond acceptors (Lipinski definition) is 2. The fourth-order valence-corrected chi connectivity index (χ4v) is 4.67. The molecule has 1 amide bonds. The molecule has 1 saturated carbocycles. The van der Waals surface area contributed by atoms with Gasteiger partial charge in [-0.15, -0.1) is 0 Å². The van der Waals surface area contributed by atoms with Crippen molar-refractivity contribution in [2.75, 3.05) is 17.2 Å². The molecule has 0 aliphatic heterocycles. The Balaban J connectivity index is 1.91.